The Kier molecular flexibility index (Phi) is 5.27. The Balaban J connectivity index is 1.39. The number of carbonyl (C=O) groups excluding carboxylic acids is 1. The zero-order valence-corrected chi connectivity index (χ0v) is 15.7. The minimum absolute atomic E-state index is 0.0346. The number of amides is 1. The van der Waals surface area contributed by atoms with Crippen LogP contribution in [0.15, 0.2) is 18.2 Å². The maximum atomic E-state index is 12.6. The Labute approximate surface area is 155 Å². The molecule has 2 aliphatic heterocycles. The van der Waals surface area contributed by atoms with Gasteiger partial charge in [0.1, 0.15) is 12.4 Å². The predicted octanol–water partition coefficient (Wildman–Crippen LogP) is 2.04. The molecule has 1 aliphatic carbocycles. The summed E-state index contributed by atoms with van der Waals surface area (Å²) < 4.78 is 0. The summed E-state index contributed by atoms with van der Waals surface area (Å²) in [6.45, 7) is 5.26. The summed E-state index contributed by atoms with van der Waals surface area (Å²) in [6, 6.07) is 6.65. The van der Waals surface area contributed by atoms with Crippen molar-refractivity contribution in [3.8, 4) is 0 Å². The van der Waals surface area contributed by atoms with E-state index < -0.39 is 0 Å². The standard InChI is InChI=1S/C20H30N4O2/c1-3-18-23-19(24-26-18)14-5-7-15-13(10-14)6-9-16(15)22-20(25)17-8-4-12(2)11-21-17/h5,7,10,12,16-19,21,23-24H,3-4,6,8-9,11H2,1-2H3,(H,22,25)/t12?,16-,17?,18?,19?/m1/s1. The van der Waals surface area contributed by atoms with Crippen LogP contribution in [0.2, 0.25) is 0 Å². The third-order valence-electron chi connectivity index (χ3n) is 5.92. The molecule has 6 heteroatoms. The van der Waals surface area contributed by atoms with Crippen molar-refractivity contribution in [2.24, 2.45) is 5.92 Å². The van der Waals surface area contributed by atoms with Crippen LogP contribution in [0, 0.1) is 5.92 Å². The van der Waals surface area contributed by atoms with Crippen molar-refractivity contribution in [1.82, 2.24) is 21.4 Å². The molecule has 142 valence electrons. The first kappa shape index (κ1) is 17.9. The van der Waals surface area contributed by atoms with E-state index >= 15 is 0 Å². The molecule has 0 saturated carbocycles. The molecular weight excluding hydrogens is 328 g/mol. The fourth-order valence-corrected chi connectivity index (χ4v) is 4.23. The molecule has 2 heterocycles. The average Bonchev–Trinajstić information content (AvgIpc) is 3.29. The fourth-order valence-electron chi connectivity index (χ4n) is 4.23. The predicted molar refractivity (Wildman–Crippen MR) is 100 cm³/mol. The quantitative estimate of drug-likeness (QED) is 0.663. The molecule has 4 rings (SSSR count). The van der Waals surface area contributed by atoms with Crippen LogP contribution >= 0.6 is 0 Å². The van der Waals surface area contributed by atoms with Crippen LogP contribution in [0.5, 0.6) is 0 Å². The normalized spacial score (nSPS) is 33.8. The molecule has 0 spiro atoms. The van der Waals surface area contributed by atoms with Gasteiger partial charge in [-0.15, -0.1) is 0 Å². The molecule has 2 saturated heterocycles. The lowest BCUT2D eigenvalue weighted by molar-refractivity contribution is -0.124. The van der Waals surface area contributed by atoms with E-state index in [0.717, 1.165) is 38.6 Å². The fraction of sp³-hybridized carbons (Fsp3) is 0.650. The van der Waals surface area contributed by atoms with Crippen LogP contribution in [0.3, 0.4) is 0 Å². The van der Waals surface area contributed by atoms with E-state index in [9.17, 15) is 4.79 Å². The molecule has 0 bridgehead atoms. The van der Waals surface area contributed by atoms with E-state index in [-0.39, 0.29) is 30.4 Å². The first-order valence-electron chi connectivity index (χ1n) is 9.97. The lowest BCUT2D eigenvalue weighted by atomic mass is 9.95. The average molecular weight is 358 g/mol. The van der Waals surface area contributed by atoms with Crippen molar-refractivity contribution in [3.05, 3.63) is 34.9 Å². The Hall–Kier alpha value is -1.47. The van der Waals surface area contributed by atoms with Gasteiger partial charge in [-0.2, -0.15) is 5.48 Å². The number of carbonyl (C=O) groups is 1. The zero-order valence-electron chi connectivity index (χ0n) is 15.7. The third-order valence-corrected chi connectivity index (χ3v) is 5.92. The monoisotopic (exact) mass is 358 g/mol. The Morgan fingerprint density at radius 2 is 2.19 bits per heavy atom. The van der Waals surface area contributed by atoms with Gasteiger partial charge >= 0.3 is 0 Å². The highest BCUT2D eigenvalue weighted by atomic mass is 16.7. The molecule has 1 aromatic rings. The molecule has 0 radical (unpaired) electrons. The molecule has 3 aliphatic rings. The van der Waals surface area contributed by atoms with Crippen LogP contribution in [0.1, 0.15) is 68.4 Å². The van der Waals surface area contributed by atoms with E-state index in [1.54, 1.807) is 0 Å². The Bertz CT molecular complexity index is 657. The number of piperidine rings is 1. The Morgan fingerprint density at radius 1 is 1.31 bits per heavy atom. The van der Waals surface area contributed by atoms with Gasteiger partial charge in [0.25, 0.3) is 0 Å². The second kappa shape index (κ2) is 7.64. The molecule has 1 amide bonds. The number of aryl methyl sites for hydroxylation is 1. The van der Waals surface area contributed by atoms with E-state index in [2.05, 4.69) is 53.5 Å². The minimum atomic E-state index is -0.0375. The zero-order chi connectivity index (χ0) is 18.1. The van der Waals surface area contributed by atoms with E-state index in [1.807, 2.05) is 0 Å². The van der Waals surface area contributed by atoms with E-state index in [4.69, 9.17) is 4.84 Å². The van der Waals surface area contributed by atoms with Gasteiger partial charge in [0.2, 0.25) is 5.91 Å². The van der Waals surface area contributed by atoms with Crippen LogP contribution in [0.4, 0.5) is 0 Å². The summed E-state index contributed by atoms with van der Waals surface area (Å²) in [4.78, 5) is 18.1. The molecule has 5 atom stereocenters. The van der Waals surface area contributed by atoms with Crippen LogP contribution in [-0.4, -0.2) is 24.7 Å². The first-order chi connectivity index (χ1) is 12.6. The molecule has 0 aromatic heterocycles. The van der Waals surface area contributed by atoms with Crippen LogP contribution in [0.25, 0.3) is 0 Å². The minimum Gasteiger partial charge on any atom is -0.348 e. The van der Waals surface area contributed by atoms with Crippen molar-refractivity contribution >= 4 is 5.91 Å². The summed E-state index contributed by atoms with van der Waals surface area (Å²) in [5, 5.41) is 10.1. The molecule has 4 N–H and O–H groups in total. The number of hydroxylamine groups is 1. The number of hydrogen-bond acceptors (Lipinski definition) is 5. The van der Waals surface area contributed by atoms with Gasteiger partial charge in [0.15, 0.2) is 0 Å². The highest BCUT2D eigenvalue weighted by molar-refractivity contribution is 5.82. The first-order valence-corrected chi connectivity index (χ1v) is 9.97. The van der Waals surface area contributed by atoms with Gasteiger partial charge in [-0.05, 0) is 61.3 Å². The van der Waals surface area contributed by atoms with Crippen molar-refractivity contribution in [2.75, 3.05) is 6.54 Å². The molecule has 1 aromatic carbocycles. The van der Waals surface area contributed by atoms with Gasteiger partial charge in [-0.25, -0.2) is 0 Å². The number of fused-ring (bicyclic) bond motifs is 1. The summed E-state index contributed by atoms with van der Waals surface area (Å²) in [5.41, 5.74) is 6.85. The smallest absolute Gasteiger partial charge is 0.237 e. The SMILES string of the molecule is CCC1NC(c2ccc3c(c2)CC[C@H]3NC(=O)C2CCC(C)CN2)NO1. The highest BCUT2D eigenvalue weighted by Crippen LogP contribution is 2.33. The van der Waals surface area contributed by atoms with E-state index in [1.165, 1.54) is 16.7 Å². The van der Waals surface area contributed by atoms with Gasteiger partial charge in [0.05, 0.1) is 12.1 Å². The summed E-state index contributed by atoms with van der Waals surface area (Å²) in [6.07, 6.45) is 5.07. The second-order valence-corrected chi connectivity index (χ2v) is 7.93. The maximum absolute atomic E-state index is 12.6. The molecule has 2 fully saturated rings. The third kappa shape index (κ3) is 3.64. The second-order valence-electron chi connectivity index (χ2n) is 7.93. The lowest BCUT2D eigenvalue weighted by Crippen LogP contribution is -2.49. The largest absolute Gasteiger partial charge is 0.348 e. The van der Waals surface area contributed by atoms with Gasteiger partial charge in [0, 0.05) is 0 Å². The van der Waals surface area contributed by atoms with Crippen LogP contribution < -0.4 is 21.4 Å². The number of benzene rings is 1. The maximum Gasteiger partial charge on any atom is 0.237 e. The van der Waals surface area contributed by atoms with Gasteiger partial charge in [-0.3, -0.25) is 14.9 Å². The summed E-state index contributed by atoms with van der Waals surface area (Å²) in [5.74, 6) is 0.816. The number of nitrogens with one attached hydrogen (secondary N) is 4. The van der Waals surface area contributed by atoms with Crippen LogP contribution in [-0.2, 0) is 16.1 Å². The summed E-state index contributed by atoms with van der Waals surface area (Å²) >= 11 is 0. The molecular formula is C20H30N4O2. The van der Waals surface area contributed by atoms with Crippen molar-refractivity contribution in [1.29, 1.82) is 0 Å². The summed E-state index contributed by atoms with van der Waals surface area (Å²) in [7, 11) is 0. The Morgan fingerprint density at radius 3 is 2.92 bits per heavy atom. The number of hydrogen-bond donors (Lipinski definition) is 4. The van der Waals surface area contributed by atoms with Crippen molar-refractivity contribution < 1.29 is 9.63 Å². The van der Waals surface area contributed by atoms with Crippen molar-refractivity contribution in [3.63, 3.8) is 0 Å². The molecule has 4 unspecified atom stereocenters. The highest BCUT2D eigenvalue weighted by Gasteiger charge is 2.30. The van der Waals surface area contributed by atoms with Gasteiger partial charge in [-0.1, -0.05) is 32.0 Å². The number of rotatable bonds is 4. The van der Waals surface area contributed by atoms with Gasteiger partial charge < -0.3 is 10.6 Å². The molecule has 6 nitrogen and oxygen atoms in total. The molecule has 26 heavy (non-hydrogen) atoms. The lowest BCUT2D eigenvalue weighted by Gasteiger charge is -2.28. The van der Waals surface area contributed by atoms with E-state index in [0.29, 0.717) is 5.92 Å². The van der Waals surface area contributed by atoms with Crippen molar-refractivity contribution in [2.45, 2.75) is 70.4 Å². The topological polar surface area (TPSA) is 74.4 Å².